The Morgan fingerprint density at radius 3 is 2.83 bits per heavy atom. The summed E-state index contributed by atoms with van der Waals surface area (Å²) in [7, 11) is 0. The number of aryl methyl sites for hydroxylation is 1. The van der Waals surface area contributed by atoms with Crippen LogP contribution in [0.2, 0.25) is 0 Å². The van der Waals surface area contributed by atoms with Gasteiger partial charge in [0.2, 0.25) is 5.91 Å². The summed E-state index contributed by atoms with van der Waals surface area (Å²) in [6.07, 6.45) is 9.05. The van der Waals surface area contributed by atoms with Gasteiger partial charge in [-0.2, -0.15) is 10.2 Å². The van der Waals surface area contributed by atoms with Crippen LogP contribution >= 0.6 is 0 Å². The van der Waals surface area contributed by atoms with Gasteiger partial charge in [0.1, 0.15) is 18.7 Å². The summed E-state index contributed by atoms with van der Waals surface area (Å²) in [5.74, 6) is 0.300. The molecule has 0 aliphatic carbocycles. The predicted octanol–water partition coefficient (Wildman–Crippen LogP) is 1.67. The quantitative estimate of drug-likeness (QED) is 0.841. The van der Waals surface area contributed by atoms with E-state index in [0.717, 1.165) is 31.5 Å². The van der Waals surface area contributed by atoms with Crippen molar-refractivity contribution in [3.8, 4) is 0 Å². The molecule has 1 fully saturated rings. The summed E-state index contributed by atoms with van der Waals surface area (Å²) in [4.78, 5) is 19.1. The second kappa shape index (κ2) is 6.52. The van der Waals surface area contributed by atoms with E-state index in [1.165, 1.54) is 6.33 Å². The van der Waals surface area contributed by atoms with Crippen LogP contribution in [0.4, 0.5) is 0 Å². The minimum absolute atomic E-state index is 0.136. The van der Waals surface area contributed by atoms with Crippen molar-refractivity contribution in [2.24, 2.45) is 5.92 Å². The zero-order valence-corrected chi connectivity index (χ0v) is 14.0. The van der Waals surface area contributed by atoms with Crippen molar-refractivity contribution in [3.05, 3.63) is 30.6 Å². The van der Waals surface area contributed by atoms with Gasteiger partial charge in [0.25, 0.3) is 0 Å². The van der Waals surface area contributed by atoms with Crippen molar-refractivity contribution in [1.82, 2.24) is 29.4 Å². The van der Waals surface area contributed by atoms with Gasteiger partial charge in [-0.05, 0) is 31.2 Å². The van der Waals surface area contributed by atoms with Crippen LogP contribution in [-0.2, 0) is 11.3 Å². The average molecular weight is 316 g/mol. The van der Waals surface area contributed by atoms with Gasteiger partial charge in [-0.1, -0.05) is 13.8 Å². The lowest BCUT2D eigenvalue weighted by Gasteiger charge is -2.30. The summed E-state index contributed by atoms with van der Waals surface area (Å²) >= 11 is 0. The molecule has 0 N–H and O–H groups in total. The number of amides is 1. The fourth-order valence-electron chi connectivity index (χ4n) is 3.33. The molecule has 0 bridgehead atoms. The van der Waals surface area contributed by atoms with E-state index in [0.29, 0.717) is 0 Å². The summed E-state index contributed by atoms with van der Waals surface area (Å²) in [5.41, 5.74) is 1.14. The lowest BCUT2D eigenvalue weighted by atomic mass is 10.0. The highest BCUT2D eigenvalue weighted by Gasteiger charge is 2.36. The van der Waals surface area contributed by atoms with Crippen LogP contribution in [0, 0.1) is 12.8 Å². The molecule has 0 aromatic carbocycles. The molecular weight excluding hydrogens is 292 g/mol. The maximum absolute atomic E-state index is 13.1. The number of hydrogen-bond acceptors (Lipinski definition) is 4. The number of carbonyl (C=O) groups is 1. The Morgan fingerprint density at radius 1 is 1.39 bits per heavy atom. The third-order valence-electron chi connectivity index (χ3n) is 4.43. The normalized spacial score (nSPS) is 19.5. The molecule has 0 spiro atoms. The Morgan fingerprint density at radius 2 is 2.22 bits per heavy atom. The molecule has 2 aromatic rings. The summed E-state index contributed by atoms with van der Waals surface area (Å²) in [5, 5.41) is 8.54. The van der Waals surface area contributed by atoms with Gasteiger partial charge >= 0.3 is 0 Å². The largest absolute Gasteiger partial charge is 0.336 e. The van der Waals surface area contributed by atoms with Crippen LogP contribution in [0.1, 0.15) is 38.3 Å². The Labute approximate surface area is 136 Å². The van der Waals surface area contributed by atoms with E-state index < -0.39 is 0 Å². The topological polar surface area (TPSA) is 68.8 Å². The molecule has 3 heterocycles. The summed E-state index contributed by atoms with van der Waals surface area (Å²) in [6, 6.07) is -0.0935. The van der Waals surface area contributed by atoms with Crippen molar-refractivity contribution < 1.29 is 4.79 Å². The third kappa shape index (κ3) is 3.28. The molecule has 2 atom stereocenters. The van der Waals surface area contributed by atoms with Gasteiger partial charge in [0.15, 0.2) is 0 Å². The van der Waals surface area contributed by atoms with Crippen LogP contribution in [0.5, 0.6) is 0 Å². The van der Waals surface area contributed by atoms with Crippen molar-refractivity contribution in [3.63, 3.8) is 0 Å². The van der Waals surface area contributed by atoms with Crippen LogP contribution in [0.25, 0.3) is 0 Å². The second-order valence-corrected chi connectivity index (χ2v) is 6.63. The minimum Gasteiger partial charge on any atom is -0.336 e. The van der Waals surface area contributed by atoms with E-state index in [1.54, 1.807) is 11.0 Å². The minimum atomic E-state index is -0.294. The number of likely N-dealkylation sites (tertiary alicyclic amines) is 1. The first-order valence-corrected chi connectivity index (χ1v) is 8.20. The fraction of sp³-hybridized carbons (Fsp3) is 0.625. The number of rotatable bonds is 5. The van der Waals surface area contributed by atoms with Gasteiger partial charge in [0.05, 0.1) is 18.8 Å². The maximum Gasteiger partial charge on any atom is 0.248 e. The maximum atomic E-state index is 13.1. The van der Waals surface area contributed by atoms with E-state index in [9.17, 15) is 4.79 Å². The molecule has 0 unspecified atom stereocenters. The van der Waals surface area contributed by atoms with E-state index in [1.807, 2.05) is 42.7 Å². The van der Waals surface area contributed by atoms with Crippen molar-refractivity contribution in [1.29, 1.82) is 0 Å². The molecule has 0 saturated carbocycles. The smallest absolute Gasteiger partial charge is 0.248 e. The molecule has 124 valence electrons. The zero-order valence-electron chi connectivity index (χ0n) is 14.0. The van der Waals surface area contributed by atoms with Gasteiger partial charge in [-0.25, -0.2) is 9.67 Å². The highest BCUT2D eigenvalue weighted by atomic mass is 16.2. The summed E-state index contributed by atoms with van der Waals surface area (Å²) < 4.78 is 3.62. The molecule has 1 aliphatic rings. The number of nitrogens with zero attached hydrogens (tertiary/aromatic N) is 6. The van der Waals surface area contributed by atoms with Gasteiger partial charge in [-0.3, -0.25) is 9.48 Å². The molecule has 0 radical (unpaired) electrons. The molecule has 7 heteroatoms. The Bertz CT molecular complexity index is 647. The number of carbonyl (C=O) groups excluding carboxylic acids is 1. The molecular formula is C16H24N6O. The first-order chi connectivity index (χ1) is 11.1. The van der Waals surface area contributed by atoms with E-state index in [-0.39, 0.29) is 23.9 Å². The lowest BCUT2D eigenvalue weighted by molar-refractivity contribution is -0.137. The summed E-state index contributed by atoms with van der Waals surface area (Å²) in [6.45, 7) is 7.68. The highest BCUT2D eigenvalue weighted by molar-refractivity contribution is 5.81. The van der Waals surface area contributed by atoms with Gasteiger partial charge in [-0.15, -0.1) is 0 Å². The molecule has 7 nitrogen and oxygen atoms in total. The van der Waals surface area contributed by atoms with E-state index in [2.05, 4.69) is 15.2 Å². The predicted molar refractivity (Wildman–Crippen MR) is 85.6 cm³/mol. The van der Waals surface area contributed by atoms with Crippen molar-refractivity contribution in [2.75, 3.05) is 6.54 Å². The standard InChI is InChI=1S/C16H24N6O/c1-12(2)15(22-11-17-10-19-22)16(23)21-6-4-5-14(21)9-20-8-13(3)7-18-20/h7-8,10-12,14-15H,4-6,9H2,1-3H3/t14-,15+/m0/s1. The average Bonchev–Trinajstić information content (AvgIpc) is 3.21. The van der Waals surface area contributed by atoms with Crippen LogP contribution in [0.15, 0.2) is 25.0 Å². The molecule has 1 aliphatic heterocycles. The first-order valence-electron chi connectivity index (χ1n) is 8.20. The monoisotopic (exact) mass is 316 g/mol. The van der Waals surface area contributed by atoms with E-state index in [4.69, 9.17) is 0 Å². The van der Waals surface area contributed by atoms with Crippen LogP contribution in [0.3, 0.4) is 0 Å². The molecule has 3 rings (SSSR count). The fourth-order valence-corrected chi connectivity index (χ4v) is 3.33. The van der Waals surface area contributed by atoms with Crippen molar-refractivity contribution in [2.45, 2.75) is 52.2 Å². The highest BCUT2D eigenvalue weighted by Crippen LogP contribution is 2.26. The van der Waals surface area contributed by atoms with E-state index >= 15 is 0 Å². The zero-order chi connectivity index (χ0) is 16.4. The van der Waals surface area contributed by atoms with Gasteiger partial charge in [0, 0.05) is 12.7 Å². The molecule has 23 heavy (non-hydrogen) atoms. The first kappa shape index (κ1) is 15.7. The molecule has 1 amide bonds. The Kier molecular flexibility index (Phi) is 4.45. The Balaban J connectivity index is 1.76. The lowest BCUT2D eigenvalue weighted by Crippen LogP contribution is -2.44. The Hall–Kier alpha value is -2.18. The SMILES string of the molecule is Cc1cnn(C[C@@H]2CCCN2C(=O)[C@@H](C(C)C)n2cncn2)c1. The van der Waals surface area contributed by atoms with Crippen molar-refractivity contribution >= 4 is 5.91 Å². The molecule has 2 aromatic heterocycles. The number of aromatic nitrogens is 5. The molecule has 1 saturated heterocycles. The van der Waals surface area contributed by atoms with Crippen LogP contribution < -0.4 is 0 Å². The van der Waals surface area contributed by atoms with Gasteiger partial charge < -0.3 is 4.90 Å². The van der Waals surface area contributed by atoms with Crippen LogP contribution in [-0.4, -0.2) is 47.9 Å². The second-order valence-electron chi connectivity index (χ2n) is 6.63. The number of hydrogen-bond donors (Lipinski definition) is 0. The third-order valence-corrected chi connectivity index (χ3v) is 4.43.